The van der Waals surface area contributed by atoms with E-state index >= 15 is 0 Å². The minimum Gasteiger partial charge on any atom is -0.497 e. The minimum absolute atomic E-state index is 0. The first-order valence-corrected chi connectivity index (χ1v) is 50.4. The van der Waals surface area contributed by atoms with E-state index in [0.717, 1.165) is 122 Å². The number of methoxy groups -OCH3 is 2. The van der Waals surface area contributed by atoms with Crippen LogP contribution in [0.15, 0.2) is 97.1 Å². The van der Waals surface area contributed by atoms with Crippen LogP contribution in [0.25, 0.3) is 0 Å². The van der Waals surface area contributed by atoms with E-state index in [4.69, 9.17) is 123 Å². The van der Waals surface area contributed by atoms with Crippen LogP contribution < -0.4 is 9.47 Å². The molecule has 2 aromatic rings. The van der Waals surface area contributed by atoms with E-state index in [1.54, 1.807) is 14.2 Å². The van der Waals surface area contributed by atoms with E-state index in [9.17, 15) is 14.7 Å². The molecule has 740 valence electrons. The number of carbonyl (C=O) groups is 2. The predicted octanol–water partition coefficient (Wildman–Crippen LogP) is 14.5. The zero-order valence-electron chi connectivity index (χ0n) is 78.0. The Kier molecular flexibility index (Phi) is 26.6. The second-order valence-electron chi connectivity index (χ2n) is 43.1. The molecule has 46 atom stereocenters. The molecule has 24 aliphatic heterocycles. The molecule has 1 N–H and O–H groups in total. The van der Waals surface area contributed by atoms with Gasteiger partial charge in [-0.3, -0.25) is 9.59 Å². The lowest BCUT2D eigenvalue weighted by molar-refractivity contribution is -0.329. The first-order chi connectivity index (χ1) is 63.8. The average Bonchev–Trinajstić information content (AvgIpc) is 1.50. The minimum atomic E-state index is -1.28. The quantitative estimate of drug-likeness (QED) is 0.190. The zero-order chi connectivity index (χ0) is 90.4. The first kappa shape index (κ1) is 95.2. The number of aliphatic hydroxyl groups excluding tert-OH is 1. The Balaban J connectivity index is 0.000000159. The van der Waals surface area contributed by atoms with E-state index in [2.05, 4.69) is 74.8 Å². The van der Waals surface area contributed by atoms with Gasteiger partial charge in [-0.05, 0) is 186 Å². The van der Waals surface area contributed by atoms with Gasteiger partial charge in [0.05, 0.1) is 149 Å². The summed E-state index contributed by atoms with van der Waals surface area (Å²) < 4.78 is 177. The topological polar surface area (TPSA) is 294 Å². The van der Waals surface area contributed by atoms with Crippen molar-refractivity contribution in [3.05, 3.63) is 108 Å². The van der Waals surface area contributed by atoms with Gasteiger partial charge in [-0.1, -0.05) is 120 Å². The van der Waals surface area contributed by atoms with Gasteiger partial charge in [0.2, 0.25) is 23.1 Å². The number of carbonyl (C=O) groups excluding carboxylic acids is 2. The summed E-state index contributed by atoms with van der Waals surface area (Å²) in [5.74, 6) is -3.50. The summed E-state index contributed by atoms with van der Waals surface area (Å²) in [6.45, 7) is 33.5. The van der Waals surface area contributed by atoms with E-state index in [-0.39, 0.29) is 173 Å². The molecule has 0 saturated carbocycles. The summed E-state index contributed by atoms with van der Waals surface area (Å²) >= 11 is 0. The van der Waals surface area contributed by atoms with E-state index < -0.39 is 146 Å². The molecular formula is C105H146O29. The van der Waals surface area contributed by atoms with Crippen LogP contribution in [0.5, 0.6) is 11.5 Å². The highest BCUT2D eigenvalue weighted by molar-refractivity contribution is 5.71. The Morgan fingerprint density at radius 2 is 0.761 bits per heavy atom. The highest BCUT2D eigenvalue weighted by atomic mass is 16.9. The van der Waals surface area contributed by atoms with Crippen molar-refractivity contribution in [2.75, 3.05) is 20.8 Å². The largest absolute Gasteiger partial charge is 0.497 e. The molecule has 10 unspecified atom stereocenters. The fourth-order valence-corrected chi connectivity index (χ4v) is 27.7. The molecule has 26 rings (SSSR count). The normalized spacial score (nSPS) is 51.1. The molecule has 4 spiro atoms. The van der Waals surface area contributed by atoms with Gasteiger partial charge in [-0.25, -0.2) is 0 Å². The summed E-state index contributed by atoms with van der Waals surface area (Å²) in [6.07, 6.45) is 3.06. The SMILES string of the molecule is C.C.C=C1CC2CC[C@@]34OC5[C@H]6O[C@H](CC[C@@H]6O[C@H]6C(O3)[C@]3(O[C@@H](c7ccc(OC)cc7)O[C@@H]43)O[C@@H]56)CC(=O)O[C@@H]3[C@@H](C)[C@@H]4O[C@H](CCC)[C@H](C)C[C@@H]4O[C@H]3CC3O[C@@H](CCC1O2)C[C@@H](C)C3=C.C=C1CC2CC[C@@]34OC5[C@H]6O[C@H](CC[C@@H]6O[C@H]6C(O3)[C@]3(O[C@@H](c7ccc(OC)cc7)O[C@@H]43)O[C@@H]56)CC(=O)O[C@@H]3[C@@H](C)[C@@H]4O[C@H](CCO)[C@H](C)C[C@@H]4O[C@H]3CC3O[C@@H](CCC1O2)C[C@@H](C)C3=C. The van der Waals surface area contributed by atoms with Gasteiger partial charge in [0.15, 0.2) is 24.8 Å². The molecule has 24 heterocycles. The van der Waals surface area contributed by atoms with E-state index in [0.29, 0.717) is 76.5 Å². The van der Waals surface area contributed by atoms with Gasteiger partial charge in [-0.15, -0.1) is 0 Å². The summed E-state index contributed by atoms with van der Waals surface area (Å²) in [4.78, 5) is 28.7. The Morgan fingerprint density at radius 1 is 0.366 bits per heavy atom. The van der Waals surface area contributed by atoms with Crippen molar-refractivity contribution in [2.45, 2.75) is 467 Å². The molecule has 24 bridgehead atoms. The maximum Gasteiger partial charge on any atom is 0.308 e. The molecule has 24 fully saturated rings. The van der Waals surface area contributed by atoms with Crippen LogP contribution in [0.4, 0.5) is 0 Å². The van der Waals surface area contributed by atoms with Crippen molar-refractivity contribution < 1.29 is 138 Å². The Hall–Kier alpha value is -4.98. The van der Waals surface area contributed by atoms with Crippen molar-refractivity contribution in [2.24, 2.45) is 35.5 Å². The maximum absolute atomic E-state index is 14.4. The van der Waals surface area contributed by atoms with Crippen molar-refractivity contribution >= 4 is 11.9 Å². The lowest BCUT2D eigenvalue weighted by Gasteiger charge is -2.51. The number of ether oxygens (including phenoxy) is 26. The number of esters is 2. The third-order valence-electron chi connectivity index (χ3n) is 34.7. The van der Waals surface area contributed by atoms with Crippen LogP contribution in [0.3, 0.4) is 0 Å². The number of benzene rings is 2. The lowest BCUT2D eigenvalue weighted by atomic mass is 9.78. The van der Waals surface area contributed by atoms with E-state index in [1.165, 1.54) is 0 Å². The third kappa shape index (κ3) is 16.6. The molecule has 2 aromatic carbocycles. The van der Waals surface area contributed by atoms with Gasteiger partial charge in [-0.2, -0.15) is 0 Å². The van der Waals surface area contributed by atoms with Gasteiger partial charge in [0.1, 0.15) is 84.7 Å². The molecule has 29 nitrogen and oxygen atoms in total. The average molecular weight is 1870 g/mol. The second-order valence-corrected chi connectivity index (χ2v) is 43.1. The molecule has 0 aliphatic carbocycles. The van der Waals surface area contributed by atoms with Crippen LogP contribution >= 0.6 is 0 Å². The summed E-state index contributed by atoms with van der Waals surface area (Å²) in [6, 6.07) is 15.3. The van der Waals surface area contributed by atoms with Gasteiger partial charge < -0.3 is 128 Å². The molecule has 134 heavy (non-hydrogen) atoms. The second kappa shape index (κ2) is 37.4. The number of hydrogen-bond acceptors (Lipinski definition) is 29. The molecule has 0 aromatic heterocycles. The molecule has 0 amide bonds. The summed E-state index contributed by atoms with van der Waals surface area (Å²) in [7, 11) is 3.29. The van der Waals surface area contributed by atoms with Crippen LogP contribution in [-0.4, -0.2) is 269 Å². The third-order valence-corrected chi connectivity index (χ3v) is 34.7. The molecule has 24 aliphatic rings. The van der Waals surface area contributed by atoms with Crippen LogP contribution in [0.2, 0.25) is 0 Å². The molecule has 24 saturated heterocycles. The fourth-order valence-electron chi connectivity index (χ4n) is 27.7. The Morgan fingerprint density at radius 3 is 1.18 bits per heavy atom. The number of rotatable bonds is 8. The number of aliphatic hydroxyl groups is 1. The summed E-state index contributed by atoms with van der Waals surface area (Å²) in [5.41, 5.74) is 5.95. The Labute approximate surface area is 789 Å². The Bertz CT molecular complexity index is 4310. The smallest absolute Gasteiger partial charge is 0.308 e. The van der Waals surface area contributed by atoms with Gasteiger partial charge in [0.25, 0.3) is 0 Å². The molecular weight excluding hydrogens is 1730 g/mol. The predicted molar refractivity (Wildman–Crippen MR) is 480 cm³/mol. The van der Waals surface area contributed by atoms with Crippen molar-refractivity contribution in [3.8, 4) is 11.5 Å². The molecule has 29 heteroatoms. The van der Waals surface area contributed by atoms with Crippen LogP contribution in [-0.2, 0) is 123 Å². The fraction of sp³-hybridized carbons (Fsp3) is 0.790. The van der Waals surface area contributed by atoms with E-state index in [1.807, 2.05) is 48.5 Å². The van der Waals surface area contributed by atoms with Crippen LogP contribution in [0.1, 0.15) is 248 Å². The monoisotopic (exact) mass is 1870 g/mol. The van der Waals surface area contributed by atoms with Gasteiger partial charge in [0, 0.05) is 55.3 Å². The summed E-state index contributed by atoms with van der Waals surface area (Å²) in [5, 5.41) is 9.87. The first-order valence-electron chi connectivity index (χ1n) is 50.4. The zero-order valence-corrected chi connectivity index (χ0v) is 78.0. The maximum atomic E-state index is 14.4. The van der Waals surface area contributed by atoms with Crippen molar-refractivity contribution in [3.63, 3.8) is 0 Å². The number of fused-ring (bicyclic) bond motifs is 14. The van der Waals surface area contributed by atoms with Crippen molar-refractivity contribution in [1.82, 2.24) is 0 Å². The highest BCUT2D eigenvalue weighted by Crippen LogP contribution is 2.67. The standard InChI is InChI=1S/C52H70O14.C51H68O15.2CH4/c1-8-9-35-27(4)22-39-42(59-35)29(6)43-40(58-39)24-38-28(5)25(2)20-32(56-38)14-16-36-26(3)21-34(55-36)18-19-51-50-52(66-49(62-50)30-10-12-31(54-7)13-11-30)48(65-51)47-46(64-52)45(63-51)44-37(60-47)17-15-33(57-44)23-41(53)61-43;1-24-19-31-11-13-34-25(2)20-33(55-34)15-17-50-49-51(66-48(62-49)29-7-9-30(54-6)10-8-29)47(65-50)46-45(64-51)44(63-50)43-36(60-46)14-12-32(57-43)22-40(53)61-42-28(5)41-38(21-26(3)35(59-41)16-18-52)58-39(42)23-37(56-31)27(24)4;;/h10-13,25,27,29,32-40,42-50H,3,5,8-9,14-24H2,1-2,4,6-7H3;7-10,24,26,28,31-39,41-49,52H,2,4,11-23H2,1,3,5-6H3;2*1H4/t25-,27-,29+,32+,33-,34?,35-,36?,37+,38?,39+,40+,42+,43-,44+,45?,46+,47-,48?,49+,50+,51-,52-;24-,26-,28+,31+,32-,33?,34?,35-,36+,37?,38+,39+,41+,42-,43+,44?,45+,46-,47?,48+,49+,50-,51-;;/m11../s1. The van der Waals surface area contributed by atoms with Crippen LogP contribution in [0, 0.1) is 35.5 Å². The van der Waals surface area contributed by atoms with Crippen molar-refractivity contribution in [1.29, 1.82) is 0 Å². The highest BCUT2D eigenvalue weighted by Gasteiger charge is 2.85. The molecule has 0 radical (unpaired) electrons. The van der Waals surface area contributed by atoms with Gasteiger partial charge >= 0.3 is 11.9 Å². The lowest BCUT2D eigenvalue weighted by Crippen LogP contribution is -2.63. The number of hydrogen-bond donors (Lipinski definition) is 1.